The zero-order valence-corrected chi connectivity index (χ0v) is 11.3. The molecule has 0 bridgehead atoms. The summed E-state index contributed by atoms with van der Waals surface area (Å²) in [4.78, 5) is 14.8. The summed E-state index contributed by atoms with van der Waals surface area (Å²) in [5, 5.41) is 0.665. The van der Waals surface area contributed by atoms with Gasteiger partial charge in [-0.3, -0.25) is 0 Å². The van der Waals surface area contributed by atoms with Crippen molar-refractivity contribution in [1.29, 1.82) is 0 Å². The molecule has 0 saturated heterocycles. The Kier molecular flexibility index (Phi) is 3.70. The fourth-order valence-corrected chi connectivity index (χ4v) is 2.85. The Labute approximate surface area is 112 Å². The number of rotatable bonds is 3. The summed E-state index contributed by atoms with van der Waals surface area (Å²) in [6, 6.07) is 5.83. The van der Waals surface area contributed by atoms with E-state index in [1.54, 1.807) is 6.08 Å². The Morgan fingerprint density at radius 2 is 2.06 bits per heavy atom. The summed E-state index contributed by atoms with van der Waals surface area (Å²) in [5.41, 5.74) is 2.55. The van der Waals surface area contributed by atoms with Crippen molar-refractivity contribution in [3.05, 3.63) is 40.9 Å². The first-order chi connectivity index (χ1) is 8.57. The van der Waals surface area contributed by atoms with E-state index in [0.29, 0.717) is 5.02 Å². The summed E-state index contributed by atoms with van der Waals surface area (Å²) in [5.74, 6) is 0. The van der Waals surface area contributed by atoms with Gasteiger partial charge in [0.2, 0.25) is 6.08 Å². The van der Waals surface area contributed by atoms with Crippen LogP contribution in [-0.4, -0.2) is 6.08 Å². The van der Waals surface area contributed by atoms with E-state index in [2.05, 4.69) is 11.6 Å². The van der Waals surface area contributed by atoms with Crippen LogP contribution in [0.5, 0.6) is 0 Å². The lowest BCUT2D eigenvalue weighted by Crippen LogP contribution is -2.19. The van der Waals surface area contributed by atoms with Gasteiger partial charge in [-0.2, -0.15) is 4.99 Å². The summed E-state index contributed by atoms with van der Waals surface area (Å²) < 4.78 is 0. The van der Waals surface area contributed by atoms with E-state index in [-0.39, 0.29) is 0 Å². The highest BCUT2D eigenvalue weighted by atomic mass is 35.5. The highest BCUT2D eigenvalue weighted by Crippen LogP contribution is 2.43. The largest absolute Gasteiger partial charge is 0.235 e. The number of carbonyl (C=O) groups excluding carboxylic acids is 1. The first-order valence-corrected chi connectivity index (χ1v) is 6.51. The number of benzene rings is 1. The van der Waals surface area contributed by atoms with Gasteiger partial charge in [0.1, 0.15) is 0 Å². The van der Waals surface area contributed by atoms with E-state index < -0.39 is 5.54 Å². The second-order valence-electron chi connectivity index (χ2n) is 4.95. The van der Waals surface area contributed by atoms with Crippen LogP contribution in [0.3, 0.4) is 0 Å². The van der Waals surface area contributed by atoms with E-state index in [0.717, 1.165) is 42.4 Å². The third kappa shape index (κ3) is 2.40. The van der Waals surface area contributed by atoms with Crippen LogP contribution in [0.1, 0.15) is 43.7 Å². The topological polar surface area (TPSA) is 29.4 Å². The number of isocyanates is 1. The summed E-state index contributed by atoms with van der Waals surface area (Å²) >= 11 is 6.15. The molecule has 0 radical (unpaired) electrons. The lowest BCUT2D eigenvalue weighted by Gasteiger charge is -2.24. The molecule has 0 aromatic heterocycles. The maximum atomic E-state index is 10.7. The minimum Gasteiger partial charge on any atom is -0.211 e. The molecule has 0 unspecified atom stereocenters. The molecule has 2 rings (SSSR count). The maximum absolute atomic E-state index is 10.7. The van der Waals surface area contributed by atoms with E-state index in [1.165, 1.54) is 0 Å². The molecule has 1 aromatic carbocycles. The molecular formula is C15H16ClNO. The Morgan fingerprint density at radius 3 is 2.61 bits per heavy atom. The molecule has 0 N–H and O–H groups in total. The van der Waals surface area contributed by atoms with Crippen molar-refractivity contribution in [2.75, 3.05) is 0 Å². The van der Waals surface area contributed by atoms with Crippen molar-refractivity contribution < 1.29 is 4.79 Å². The number of hydrogen-bond acceptors (Lipinski definition) is 2. The SMILES string of the molecule is C=C(C)c1cc(Cl)cc(C2(N=C=O)CCCC2)c1. The molecule has 1 fully saturated rings. The highest BCUT2D eigenvalue weighted by molar-refractivity contribution is 6.30. The van der Waals surface area contributed by atoms with Crippen LogP contribution in [0, 0.1) is 0 Å². The van der Waals surface area contributed by atoms with Gasteiger partial charge in [-0.05, 0) is 49.1 Å². The van der Waals surface area contributed by atoms with Gasteiger partial charge in [-0.1, -0.05) is 36.6 Å². The third-order valence-electron chi connectivity index (χ3n) is 3.62. The molecule has 0 atom stereocenters. The van der Waals surface area contributed by atoms with Gasteiger partial charge in [0.05, 0.1) is 5.54 Å². The van der Waals surface area contributed by atoms with Crippen molar-refractivity contribution in [2.24, 2.45) is 4.99 Å². The Morgan fingerprint density at radius 1 is 1.39 bits per heavy atom. The van der Waals surface area contributed by atoms with Crippen LogP contribution in [0.25, 0.3) is 5.57 Å². The minimum atomic E-state index is -0.420. The lowest BCUT2D eigenvalue weighted by molar-refractivity contribution is 0.456. The van der Waals surface area contributed by atoms with Gasteiger partial charge in [-0.25, -0.2) is 4.79 Å². The van der Waals surface area contributed by atoms with E-state index >= 15 is 0 Å². The van der Waals surface area contributed by atoms with Crippen LogP contribution in [0.2, 0.25) is 5.02 Å². The van der Waals surface area contributed by atoms with Crippen molar-refractivity contribution >= 4 is 23.3 Å². The van der Waals surface area contributed by atoms with Gasteiger partial charge in [0, 0.05) is 5.02 Å². The summed E-state index contributed by atoms with van der Waals surface area (Å²) in [6.07, 6.45) is 5.67. The summed E-state index contributed by atoms with van der Waals surface area (Å²) in [7, 11) is 0. The molecule has 1 saturated carbocycles. The molecule has 2 nitrogen and oxygen atoms in total. The molecule has 18 heavy (non-hydrogen) atoms. The van der Waals surface area contributed by atoms with Crippen LogP contribution >= 0.6 is 11.6 Å². The molecular weight excluding hydrogens is 246 g/mol. The van der Waals surface area contributed by atoms with Crippen molar-refractivity contribution in [1.82, 2.24) is 0 Å². The molecule has 0 aliphatic heterocycles. The predicted octanol–water partition coefficient (Wildman–Crippen LogP) is 4.48. The minimum absolute atomic E-state index is 0.420. The van der Waals surface area contributed by atoms with Crippen LogP contribution in [-0.2, 0) is 10.3 Å². The first-order valence-electron chi connectivity index (χ1n) is 6.13. The molecule has 0 heterocycles. The summed E-state index contributed by atoms with van der Waals surface area (Å²) in [6.45, 7) is 5.88. The maximum Gasteiger partial charge on any atom is 0.235 e. The number of nitrogens with zero attached hydrogens (tertiary/aromatic N) is 1. The van der Waals surface area contributed by atoms with Gasteiger partial charge in [-0.15, -0.1) is 0 Å². The molecule has 0 spiro atoms. The first kappa shape index (κ1) is 13.1. The monoisotopic (exact) mass is 261 g/mol. The van der Waals surface area contributed by atoms with Gasteiger partial charge in [0.15, 0.2) is 0 Å². The van der Waals surface area contributed by atoms with Gasteiger partial charge >= 0.3 is 0 Å². The fourth-order valence-electron chi connectivity index (χ4n) is 2.62. The Hall–Kier alpha value is -1.37. The van der Waals surface area contributed by atoms with E-state index in [9.17, 15) is 4.79 Å². The second-order valence-corrected chi connectivity index (χ2v) is 5.39. The van der Waals surface area contributed by atoms with E-state index in [1.807, 2.05) is 25.1 Å². The molecule has 1 aromatic rings. The normalized spacial score (nSPS) is 17.2. The number of allylic oxidation sites excluding steroid dienone is 1. The molecule has 1 aliphatic carbocycles. The van der Waals surface area contributed by atoms with Crippen molar-refractivity contribution in [3.8, 4) is 0 Å². The van der Waals surface area contributed by atoms with Crippen LogP contribution in [0.15, 0.2) is 29.8 Å². The van der Waals surface area contributed by atoms with Crippen molar-refractivity contribution in [2.45, 2.75) is 38.1 Å². The number of aliphatic imine (C=N–C) groups is 1. The van der Waals surface area contributed by atoms with Crippen LogP contribution in [0.4, 0.5) is 0 Å². The van der Waals surface area contributed by atoms with Gasteiger partial charge in [0.25, 0.3) is 0 Å². The molecule has 3 heteroatoms. The number of halogens is 1. The standard InChI is InChI=1S/C15H16ClNO/c1-11(2)12-7-13(9-14(16)8-12)15(17-10-18)5-3-4-6-15/h7-9H,1,3-6H2,2H3. The lowest BCUT2D eigenvalue weighted by atomic mass is 9.87. The zero-order chi connectivity index (χ0) is 13.2. The van der Waals surface area contributed by atoms with Gasteiger partial charge < -0.3 is 0 Å². The predicted molar refractivity (Wildman–Crippen MR) is 74.4 cm³/mol. The average molecular weight is 262 g/mol. The second kappa shape index (κ2) is 5.09. The number of hydrogen-bond donors (Lipinski definition) is 0. The van der Waals surface area contributed by atoms with Crippen LogP contribution < -0.4 is 0 Å². The average Bonchev–Trinajstić information content (AvgIpc) is 2.78. The third-order valence-corrected chi connectivity index (χ3v) is 3.84. The van der Waals surface area contributed by atoms with E-state index in [4.69, 9.17) is 11.6 Å². The smallest absolute Gasteiger partial charge is 0.211 e. The zero-order valence-electron chi connectivity index (χ0n) is 10.5. The molecule has 94 valence electrons. The van der Waals surface area contributed by atoms with Crippen molar-refractivity contribution in [3.63, 3.8) is 0 Å². The Balaban J connectivity index is 2.54. The molecule has 0 amide bonds. The highest BCUT2D eigenvalue weighted by Gasteiger charge is 2.36. The molecule has 1 aliphatic rings. The quantitative estimate of drug-likeness (QED) is 0.583. The Bertz CT molecular complexity index is 523. The fraction of sp³-hybridized carbons (Fsp3) is 0.400.